The topological polar surface area (TPSA) is 92.3 Å². The first kappa shape index (κ1) is 15.2. The lowest BCUT2D eigenvalue weighted by atomic mass is 10.3. The predicted molar refractivity (Wildman–Crippen MR) is 81.8 cm³/mol. The van der Waals surface area contributed by atoms with Crippen LogP contribution >= 0.6 is 12.2 Å². The van der Waals surface area contributed by atoms with E-state index in [9.17, 15) is 16.8 Å². The summed E-state index contributed by atoms with van der Waals surface area (Å²) in [6.07, 6.45) is 0.103. The Morgan fingerprint density at radius 2 is 1.90 bits per heavy atom. The van der Waals surface area contributed by atoms with Gasteiger partial charge in [0.05, 0.1) is 16.8 Å². The molecule has 20 heavy (non-hydrogen) atoms. The number of anilines is 1. The van der Waals surface area contributed by atoms with Gasteiger partial charge in [-0.2, -0.15) is 0 Å². The molecule has 1 aliphatic heterocycles. The van der Waals surface area contributed by atoms with Crippen molar-refractivity contribution < 1.29 is 16.8 Å². The van der Waals surface area contributed by atoms with Crippen LogP contribution in [0.5, 0.6) is 0 Å². The monoisotopic (exact) mass is 334 g/mol. The van der Waals surface area contributed by atoms with Crippen molar-refractivity contribution >= 4 is 42.9 Å². The Hall–Kier alpha value is -1.19. The number of sulfone groups is 1. The standard InChI is InChI=1S/C11H14N2O4S3/c14-19(15)7-6-10(8-19)20(16,17)13-11(18)12-9-4-2-1-3-5-9/h1-5,10H,6-8H2,(H2,12,13,18). The second kappa shape index (κ2) is 5.66. The van der Waals surface area contributed by atoms with E-state index in [1.54, 1.807) is 24.3 Å². The highest BCUT2D eigenvalue weighted by Gasteiger charge is 2.37. The zero-order chi connectivity index (χ0) is 14.8. The first-order valence-electron chi connectivity index (χ1n) is 5.87. The fourth-order valence-electron chi connectivity index (χ4n) is 1.90. The first-order chi connectivity index (χ1) is 9.28. The highest BCUT2D eigenvalue weighted by molar-refractivity contribution is 7.96. The summed E-state index contributed by atoms with van der Waals surface area (Å²) in [5, 5.41) is 1.72. The van der Waals surface area contributed by atoms with Crippen LogP contribution in [-0.4, -0.2) is 38.7 Å². The van der Waals surface area contributed by atoms with Gasteiger partial charge >= 0.3 is 0 Å². The molecule has 1 aromatic carbocycles. The number of rotatable bonds is 3. The van der Waals surface area contributed by atoms with Gasteiger partial charge in [-0.05, 0) is 30.8 Å². The molecule has 0 aromatic heterocycles. The van der Waals surface area contributed by atoms with Gasteiger partial charge in [0.25, 0.3) is 0 Å². The molecule has 9 heteroatoms. The maximum absolute atomic E-state index is 12.0. The molecule has 0 bridgehead atoms. The van der Waals surface area contributed by atoms with E-state index >= 15 is 0 Å². The number of hydrogen-bond acceptors (Lipinski definition) is 5. The molecule has 6 nitrogen and oxygen atoms in total. The van der Waals surface area contributed by atoms with Crippen LogP contribution in [0.3, 0.4) is 0 Å². The lowest BCUT2D eigenvalue weighted by Crippen LogP contribution is -2.41. The third-order valence-corrected chi connectivity index (χ3v) is 6.98. The van der Waals surface area contributed by atoms with E-state index in [1.165, 1.54) is 0 Å². The van der Waals surface area contributed by atoms with Crippen molar-refractivity contribution in [3.05, 3.63) is 30.3 Å². The Morgan fingerprint density at radius 3 is 2.45 bits per heavy atom. The van der Waals surface area contributed by atoms with Crippen LogP contribution in [0, 0.1) is 0 Å². The van der Waals surface area contributed by atoms with E-state index in [-0.39, 0.29) is 23.0 Å². The SMILES string of the molecule is O=S1(=O)CCC(S(=O)(=O)NC(=S)Nc2ccccc2)C1. The third kappa shape index (κ3) is 3.90. The van der Waals surface area contributed by atoms with Crippen LogP contribution in [0.4, 0.5) is 5.69 Å². The molecule has 1 fully saturated rings. The zero-order valence-corrected chi connectivity index (χ0v) is 12.9. The summed E-state index contributed by atoms with van der Waals surface area (Å²) in [4.78, 5) is 0. The quantitative estimate of drug-likeness (QED) is 0.782. The summed E-state index contributed by atoms with van der Waals surface area (Å²) in [7, 11) is -7.04. The second-order valence-corrected chi connectivity index (χ2v) is 9.09. The molecule has 1 atom stereocenters. The van der Waals surface area contributed by atoms with E-state index in [1.807, 2.05) is 6.07 Å². The minimum Gasteiger partial charge on any atom is -0.332 e. The Balaban J connectivity index is 2.00. The first-order valence-corrected chi connectivity index (χ1v) is 9.64. The fraction of sp³-hybridized carbons (Fsp3) is 0.364. The molecule has 2 rings (SSSR count). The molecule has 1 aromatic rings. The van der Waals surface area contributed by atoms with E-state index in [0.29, 0.717) is 5.69 Å². The summed E-state index contributed by atoms with van der Waals surface area (Å²) in [6, 6.07) is 8.86. The van der Waals surface area contributed by atoms with E-state index < -0.39 is 25.1 Å². The minimum absolute atomic E-state index is 0.0690. The third-order valence-electron chi connectivity index (χ3n) is 2.90. The van der Waals surface area contributed by atoms with Gasteiger partial charge in [0.15, 0.2) is 14.9 Å². The Bertz CT molecular complexity index is 698. The highest BCUT2D eigenvalue weighted by atomic mass is 32.2. The summed E-state index contributed by atoms with van der Waals surface area (Å²) < 4.78 is 48.9. The van der Waals surface area contributed by atoms with E-state index in [4.69, 9.17) is 12.2 Å². The average molecular weight is 334 g/mol. The van der Waals surface area contributed by atoms with Crippen molar-refractivity contribution in [2.45, 2.75) is 11.7 Å². The summed E-state index contributed by atoms with van der Waals surface area (Å²) in [5.74, 6) is -0.451. The van der Waals surface area contributed by atoms with Gasteiger partial charge < -0.3 is 5.32 Å². The van der Waals surface area contributed by atoms with Crippen molar-refractivity contribution in [3.63, 3.8) is 0 Å². The van der Waals surface area contributed by atoms with Crippen molar-refractivity contribution in [2.75, 3.05) is 16.8 Å². The van der Waals surface area contributed by atoms with Gasteiger partial charge in [0.1, 0.15) is 0 Å². The molecule has 1 unspecified atom stereocenters. The molecule has 2 N–H and O–H groups in total. The van der Waals surface area contributed by atoms with Crippen LogP contribution in [0.2, 0.25) is 0 Å². The molecular formula is C11H14N2O4S3. The van der Waals surface area contributed by atoms with Crippen molar-refractivity contribution in [2.24, 2.45) is 0 Å². The fourth-order valence-corrected chi connectivity index (χ4v) is 6.30. The minimum atomic E-state index is -3.78. The maximum Gasteiger partial charge on any atom is 0.238 e. The van der Waals surface area contributed by atoms with Crippen molar-refractivity contribution in [1.82, 2.24) is 4.72 Å². The van der Waals surface area contributed by atoms with Crippen molar-refractivity contribution in [1.29, 1.82) is 0 Å². The number of sulfonamides is 1. The number of nitrogens with one attached hydrogen (secondary N) is 2. The van der Waals surface area contributed by atoms with Crippen LogP contribution in [0.15, 0.2) is 30.3 Å². The van der Waals surface area contributed by atoms with Crippen LogP contribution in [0.1, 0.15) is 6.42 Å². The van der Waals surface area contributed by atoms with Crippen LogP contribution < -0.4 is 10.0 Å². The summed E-state index contributed by atoms with van der Waals surface area (Å²) in [6.45, 7) is 0. The molecule has 1 heterocycles. The van der Waals surface area contributed by atoms with Crippen LogP contribution in [0.25, 0.3) is 0 Å². The molecular weight excluding hydrogens is 320 g/mol. The number of hydrogen-bond donors (Lipinski definition) is 2. The van der Waals surface area contributed by atoms with E-state index in [2.05, 4.69) is 10.0 Å². The second-order valence-electron chi connectivity index (χ2n) is 4.49. The van der Waals surface area contributed by atoms with Gasteiger partial charge in [-0.25, -0.2) is 16.8 Å². The summed E-state index contributed by atoms with van der Waals surface area (Å²) >= 11 is 4.93. The lowest BCUT2D eigenvalue weighted by Gasteiger charge is -2.14. The van der Waals surface area contributed by atoms with Crippen LogP contribution in [-0.2, 0) is 19.9 Å². The highest BCUT2D eigenvalue weighted by Crippen LogP contribution is 2.18. The molecule has 0 spiro atoms. The molecule has 110 valence electrons. The van der Waals surface area contributed by atoms with Gasteiger partial charge in [-0.15, -0.1) is 0 Å². The predicted octanol–water partition coefficient (Wildman–Crippen LogP) is 0.490. The summed E-state index contributed by atoms with van der Waals surface area (Å²) in [5.41, 5.74) is 0.652. The molecule has 1 saturated heterocycles. The molecule has 0 radical (unpaired) electrons. The van der Waals surface area contributed by atoms with Gasteiger partial charge in [0.2, 0.25) is 10.0 Å². The van der Waals surface area contributed by atoms with Crippen molar-refractivity contribution in [3.8, 4) is 0 Å². The number of para-hydroxylation sites is 1. The van der Waals surface area contributed by atoms with E-state index in [0.717, 1.165) is 0 Å². The molecule has 1 aliphatic rings. The van der Waals surface area contributed by atoms with Gasteiger partial charge in [-0.1, -0.05) is 18.2 Å². The average Bonchev–Trinajstić information content (AvgIpc) is 2.71. The Morgan fingerprint density at radius 1 is 1.25 bits per heavy atom. The molecule has 0 aliphatic carbocycles. The maximum atomic E-state index is 12.0. The molecule has 0 amide bonds. The van der Waals surface area contributed by atoms with Gasteiger partial charge in [0, 0.05) is 5.69 Å². The zero-order valence-electron chi connectivity index (χ0n) is 10.4. The van der Waals surface area contributed by atoms with Gasteiger partial charge in [-0.3, -0.25) is 4.72 Å². The largest absolute Gasteiger partial charge is 0.332 e. The normalized spacial score (nSPS) is 21.3. The lowest BCUT2D eigenvalue weighted by molar-refractivity contribution is 0.579. The Kier molecular flexibility index (Phi) is 4.31. The number of benzene rings is 1. The smallest absolute Gasteiger partial charge is 0.238 e. The number of thiocarbonyl (C=S) groups is 1. The molecule has 0 saturated carbocycles. The Labute approximate surface area is 123 Å².